The molecule has 36 heavy (non-hydrogen) atoms. The average molecular weight is 499 g/mol. The number of hydrogen-bond acceptors (Lipinski definition) is 4. The number of imidazole rings is 1. The summed E-state index contributed by atoms with van der Waals surface area (Å²) in [6, 6.07) is 18.4. The molecule has 3 aromatic heterocycles. The largest absolute Gasteiger partial charge is 0.473 e. The zero-order chi connectivity index (χ0) is 24.5. The molecule has 1 aliphatic rings. The van der Waals surface area contributed by atoms with E-state index < -0.39 is 0 Å². The predicted octanol–water partition coefficient (Wildman–Crippen LogP) is 6.12. The summed E-state index contributed by atoms with van der Waals surface area (Å²) in [6.45, 7) is 0.485. The zero-order valence-electron chi connectivity index (χ0n) is 19.8. The Hall–Kier alpha value is -3.61. The molecular weight excluding hydrogens is 472 g/mol. The van der Waals surface area contributed by atoms with Gasteiger partial charge < -0.3 is 19.4 Å². The predicted molar refractivity (Wildman–Crippen MR) is 141 cm³/mol. The number of aliphatic hydroxyl groups excluding tert-OH is 1. The molecule has 1 aliphatic carbocycles. The van der Waals surface area contributed by atoms with Crippen LogP contribution in [0.15, 0.2) is 73.3 Å². The molecule has 0 aliphatic heterocycles. The van der Waals surface area contributed by atoms with Gasteiger partial charge in [0.1, 0.15) is 6.61 Å². The van der Waals surface area contributed by atoms with Gasteiger partial charge in [0, 0.05) is 41.3 Å². The molecule has 1 unspecified atom stereocenters. The van der Waals surface area contributed by atoms with E-state index in [1.807, 2.05) is 55.0 Å². The van der Waals surface area contributed by atoms with Crippen LogP contribution in [0.25, 0.3) is 22.2 Å². The number of halogens is 1. The van der Waals surface area contributed by atoms with Crippen LogP contribution in [0.3, 0.4) is 0 Å². The lowest BCUT2D eigenvalue weighted by Gasteiger charge is -2.28. The number of aryl methyl sites for hydroxylation is 1. The molecule has 7 heteroatoms. The molecule has 2 N–H and O–H groups in total. The maximum Gasteiger partial charge on any atom is 0.214 e. The second kappa shape index (κ2) is 9.80. The number of aromatic amines is 1. The molecule has 6 nitrogen and oxygen atoms in total. The lowest BCUT2D eigenvalue weighted by molar-refractivity contribution is 0.294. The number of aliphatic hydroxyl groups is 1. The number of nitrogens with zero attached hydrogens (tertiary/aromatic N) is 3. The summed E-state index contributed by atoms with van der Waals surface area (Å²) in [5, 5.41) is 11.5. The summed E-state index contributed by atoms with van der Waals surface area (Å²) in [4.78, 5) is 12.6. The van der Waals surface area contributed by atoms with Crippen LogP contribution >= 0.6 is 11.6 Å². The van der Waals surface area contributed by atoms with Gasteiger partial charge in [0.25, 0.3) is 0 Å². The zero-order valence-corrected chi connectivity index (χ0v) is 20.6. The number of hydrogen-bond donors (Lipinski definition) is 2. The third kappa shape index (κ3) is 4.27. The fraction of sp³-hybridized carbons (Fsp3) is 0.241. The fourth-order valence-corrected chi connectivity index (χ4v) is 5.44. The van der Waals surface area contributed by atoms with Crippen LogP contribution in [0.4, 0.5) is 0 Å². The van der Waals surface area contributed by atoms with Crippen LogP contribution in [0.2, 0.25) is 5.02 Å². The van der Waals surface area contributed by atoms with E-state index in [2.05, 4.69) is 26.7 Å². The van der Waals surface area contributed by atoms with Crippen LogP contribution in [0.1, 0.15) is 41.3 Å². The molecular formula is C29H27ClN4O2. The van der Waals surface area contributed by atoms with Crippen molar-refractivity contribution in [2.45, 2.75) is 38.3 Å². The highest BCUT2D eigenvalue weighted by atomic mass is 35.5. The molecule has 182 valence electrons. The SMILES string of the molecule is OCCc1ncn(C2CCCc3ccc(Cl)cc32)c1-c1c[nH]c2cnc(OCc3ccccc3)cc12. The second-order valence-corrected chi connectivity index (χ2v) is 9.65. The van der Waals surface area contributed by atoms with Crippen molar-refractivity contribution in [2.75, 3.05) is 6.61 Å². The Bertz CT molecular complexity index is 1510. The number of H-pyrrole nitrogens is 1. The van der Waals surface area contributed by atoms with Gasteiger partial charge in [0.15, 0.2) is 0 Å². The van der Waals surface area contributed by atoms with Gasteiger partial charge in [-0.05, 0) is 48.1 Å². The summed E-state index contributed by atoms with van der Waals surface area (Å²) < 4.78 is 8.28. The Kier molecular flexibility index (Phi) is 6.21. The molecule has 0 amide bonds. The van der Waals surface area contributed by atoms with E-state index in [0.717, 1.165) is 57.7 Å². The van der Waals surface area contributed by atoms with Crippen LogP contribution in [0, 0.1) is 0 Å². The van der Waals surface area contributed by atoms with Crippen molar-refractivity contribution in [2.24, 2.45) is 0 Å². The third-order valence-corrected chi connectivity index (χ3v) is 7.21. The molecule has 0 saturated carbocycles. The first-order valence-electron chi connectivity index (χ1n) is 12.3. The molecule has 2 aromatic carbocycles. The molecule has 0 spiro atoms. The van der Waals surface area contributed by atoms with E-state index in [-0.39, 0.29) is 12.6 Å². The molecule has 0 fully saturated rings. The van der Waals surface area contributed by atoms with Gasteiger partial charge >= 0.3 is 0 Å². The second-order valence-electron chi connectivity index (χ2n) is 9.22. The van der Waals surface area contributed by atoms with Crippen molar-refractivity contribution in [3.8, 4) is 17.1 Å². The molecule has 0 bridgehead atoms. The van der Waals surface area contributed by atoms with E-state index in [9.17, 15) is 5.11 Å². The quantitative estimate of drug-likeness (QED) is 0.283. The van der Waals surface area contributed by atoms with Gasteiger partial charge in [0.05, 0.1) is 35.5 Å². The highest BCUT2D eigenvalue weighted by molar-refractivity contribution is 6.30. The molecule has 1 atom stereocenters. The smallest absolute Gasteiger partial charge is 0.214 e. The summed E-state index contributed by atoms with van der Waals surface area (Å²) in [6.07, 6.45) is 9.36. The monoisotopic (exact) mass is 498 g/mol. The fourth-order valence-electron chi connectivity index (χ4n) is 5.26. The Morgan fingerprint density at radius 3 is 2.86 bits per heavy atom. The van der Waals surface area contributed by atoms with Gasteiger partial charge in [0.2, 0.25) is 5.88 Å². The van der Waals surface area contributed by atoms with Crippen LogP contribution in [-0.4, -0.2) is 31.2 Å². The maximum atomic E-state index is 9.79. The van der Waals surface area contributed by atoms with Gasteiger partial charge in [-0.3, -0.25) is 0 Å². The number of fused-ring (bicyclic) bond motifs is 2. The summed E-state index contributed by atoms with van der Waals surface area (Å²) in [7, 11) is 0. The maximum absolute atomic E-state index is 9.79. The van der Waals surface area contributed by atoms with Gasteiger partial charge in [-0.1, -0.05) is 48.0 Å². The van der Waals surface area contributed by atoms with Crippen LogP contribution < -0.4 is 4.74 Å². The van der Waals surface area contributed by atoms with Crippen molar-refractivity contribution in [1.82, 2.24) is 19.5 Å². The highest BCUT2D eigenvalue weighted by Gasteiger charge is 2.27. The van der Waals surface area contributed by atoms with E-state index in [4.69, 9.17) is 21.3 Å². The van der Waals surface area contributed by atoms with Gasteiger partial charge in [-0.15, -0.1) is 0 Å². The third-order valence-electron chi connectivity index (χ3n) is 6.97. The minimum Gasteiger partial charge on any atom is -0.473 e. The number of ether oxygens (including phenoxy) is 1. The Labute approximate surface area is 214 Å². The lowest BCUT2D eigenvalue weighted by Crippen LogP contribution is -2.17. The molecule has 0 radical (unpaired) electrons. The highest BCUT2D eigenvalue weighted by Crippen LogP contribution is 2.40. The number of pyridine rings is 1. The van der Waals surface area contributed by atoms with Crippen molar-refractivity contribution in [3.05, 3.63) is 101 Å². The standard InChI is InChI=1S/C29H27ClN4O2/c30-21-10-9-20-7-4-8-27(22(20)13-21)34-18-33-25(11-12-35)29(34)24-15-31-26-16-32-28(14-23(24)26)36-17-19-5-2-1-3-6-19/h1-3,5-6,9-10,13-16,18,27,31,35H,4,7-8,11-12,17H2. The van der Waals surface area contributed by atoms with Crippen molar-refractivity contribution in [1.29, 1.82) is 0 Å². The van der Waals surface area contributed by atoms with E-state index in [1.165, 1.54) is 11.1 Å². The average Bonchev–Trinajstić information content (AvgIpc) is 3.51. The number of aromatic nitrogens is 4. The summed E-state index contributed by atoms with van der Waals surface area (Å²) in [5.74, 6) is 0.566. The first-order chi connectivity index (χ1) is 17.7. The first kappa shape index (κ1) is 22.8. The van der Waals surface area contributed by atoms with Crippen molar-refractivity contribution >= 4 is 22.5 Å². The minimum atomic E-state index is 0.0342. The van der Waals surface area contributed by atoms with Gasteiger partial charge in [-0.2, -0.15) is 0 Å². The Morgan fingerprint density at radius 2 is 2.00 bits per heavy atom. The van der Waals surface area contributed by atoms with Crippen molar-refractivity contribution < 1.29 is 9.84 Å². The Morgan fingerprint density at radius 1 is 1.11 bits per heavy atom. The van der Waals surface area contributed by atoms with Crippen LogP contribution in [-0.2, 0) is 19.4 Å². The van der Waals surface area contributed by atoms with E-state index >= 15 is 0 Å². The number of rotatable bonds is 7. The summed E-state index contributed by atoms with van der Waals surface area (Å²) >= 11 is 6.41. The van der Waals surface area contributed by atoms with E-state index in [0.29, 0.717) is 18.9 Å². The summed E-state index contributed by atoms with van der Waals surface area (Å²) in [5.41, 5.74) is 7.49. The molecule has 0 saturated heterocycles. The Balaban J connectivity index is 1.43. The van der Waals surface area contributed by atoms with Crippen molar-refractivity contribution in [3.63, 3.8) is 0 Å². The van der Waals surface area contributed by atoms with Crippen LogP contribution in [0.5, 0.6) is 5.88 Å². The topological polar surface area (TPSA) is 76.0 Å². The molecule has 6 rings (SSSR count). The number of benzene rings is 2. The van der Waals surface area contributed by atoms with E-state index in [1.54, 1.807) is 6.20 Å². The molecule has 3 heterocycles. The number of nitrogens with one attached hydrogen (secondary N) is 1. The first-order valence-corrected chi connectivity index (χ1v) is 12.7. The molecule has 5 aromatic rings. The minimum absolute atomic E-state index is 0.0342. The normalized spacial score (nSPS) is 15.2. The van der Waals surface area contributed by atoms with Gasteiger partial charge in [-0.25, -0.2) is 9.97 Å². The lowest BCUT2D eigenvalue weighted by atomic mass is 9.87.